The van der Waals surface area contributed by atoms with Crippen molar-refractivity contribution in [3.8, 4) is 0 Å². The molecule has 6 heteroatoms. The van der Waals surface area contributed by atoms with Gasteiger partial charge in [-0.3, -0.25) is 9.69 Å². The van der Waals surface area contributed by atoms with Gasteiger partial charge in [-0.25, -0.2) is 0 Å². The Balaban J connectivity index is 1.89. The number of likely N-dealkylation sites (tertiary alicyclic amines) is 1. The lowest BCUT2D eigenvalue weighted by atomic mass is 10.2. The maximum absolute atomic E-state index is 11.7. The summed E-state index contributed by atoms with van der Waals surface area (Å²) in [5, 5.41) is 11.9. The van der Waals surface area contributed by atoms with Crippen LogP contribution >= 0.6 is 31.9 Å². The minimum Gasteiger partial charge on any atom is -0.390 e. The van der Waals surface area contributed by atoms with Crippen LogP contribution in [0.3, 0.4) is 0 Å². The zero-order valence-electron chi connectivity index (χ0n) is 8.99. The molecule has 0 unspecified atom stereocenters. The van der Waals surface area contributed by atoms with Crippen molar-refractivity contribution in [2.24, 2.45) is 0 Å². The Morgan fingerprint density at radius 1 is 1.47 bits per heavy atom. The van der Waals surface area contributed by atoms with E-state index in [1.807, 2.05) is 23.1 Å². The summed E-state index contributed by atoms with van der Waals surface area (Å²) in [6.07, 6.45) is -0.276. The highest BCUT2D eigenvalue weighted by molar-refractivity contribution is 9.11. The molecular weight excluding hydrogens is 352 g/mol. The molecule has 0 bridgehead atoms. The number of nitrogens with zero attached hydrogens (tertiary/aromatic N) is 1. The minimum absolute atomic E-state index is 0.0695. The van der Waals surface area contributed by atoms with Gasteiger partial charge in [0.05, 0.1) is 18.3 Å². The van der Waals surface area contributed by atoms with Crippen LogP contribution in [0.5, 0.6) is 0 Å². The Labute approximate surface area is 116 Å². The highest BCUT2D eigenvalue weighted by atomic mass is 79.9. The maximum Gasteiger partial charge on any atom is 0.238 e. The second kappa shape index (κ2) is 5.48. The van der Waals surface area contributed by atoms with E-state index in [9.17, 15) is 4.79 Å². The molecule has 92 valence electrons. The number of aliphatic hydroxyl groups is 1. The lowest BCUT2D eigenvalue weighted by molar-refractivity contribution is -0.119. The van der Waals surface area contributed by atoms with E-state index in [1.54, 1.807) is 0 Å². The van der Waals surface area contributed by atoms with Gasteiger partial charge in [0.1, 0.15) is 0 Å². The smallest absolute Gasteiger partial charge is 0.238 e. The fraction of sp³-hybridized carbons (Fsp3) is 0.364. The fourth-order valence-electron chi connectivity index (χ4n) is 1.66. The van der Waals surface area contributed by atoms with Gasteiger partial charge in [-0.1, -0.05) is 15.9 Å². The van der Waals surface area contributed by atoms with E-state index >= 15 is 0 Å². The third-order valence-corrected chi connectivity index (χ3v) is 3.66. The molecule has 0 aromatic heterocycles. The van der Waals surface area contributed by atoms with Crippen molar-refractivity contribution in [2.45, 2.75) is 6.10 Å². The van der Waals surface area contributed by atoms with Gasteiger partial charge in [0.2, 0.25) is 5.91 Å². The maximum atomic E-state index is 11.7. The number of aliphatic hydroxyl groups excluding tert-OH is 1. The molecule has 1 aliphatic heterocycles. The van der Waals surface area contributed by atoms with Gasteiger partial charge >= 0.3 is 0 Å². The molecule has 2 N–H and O–H groups in total. The first-order chi connectivity index (χ1) is 8.04. The van der Waals surface area contributed by atoms with Crippen molar-refractivity contribution in [1.82, 2.24) is 4.90 Å². The molecule has 0 atom stereocenters. The second-order valence-electron chi connectivity index (χ2n) is 4.02. The molecular formula is C11H12Br2N2O2. The first kappa shape index (κ1) is 13.0. The van der Waals surface area contributed by atoms with E-state index in [0.717, 1.165) is 14.6 Å². The van der Waals surface area contributed by atoms with Gasteiger partial charge in [0, 0.05) is 22.0 Å². The van der Waals surface area contributed by atoms with E-state index in [0.29, 0.717) is 19.6 Å². The van der Waals surface area contributed by atoms with Crippen molar-refractivity contribution < 1.29 is 9.90 Å². The molecule has 1 aromatic rings. The number of hydrogen-bond acceptors (Lipinski definition) is 3. The van der Waals surface area contributed by atoms with Crippen molar-refractivity contribution >= 4 is 43.5 Å². The molecule has 0 aliphatic carbocycles. The third-order valence-electron chi connectivity index (χ3n) is 2.51. The number of carbonyl (C=O) groups is 1. The molecule has 1 amide bonds. The molecule has 1 heterocycles. The Bertz CT molecular complexity index is 433. The van der Waals surface area contributed by atoms with Crippen LogP contribution in [0.4, 0.5) is 5.69 Å². The molecule has 0 radical (unpaired) electrons. The predicted octanol–water partition coefficient (Wildman–Crippen LogP) is 1.83. The summed E-state index contributed by atoms with van der Waals surface area (Å²) < 4.78 is 1.79. The predicted molar refractivity (Wildman–Crippen MR) is 72.9 cm³/mol. The summed E-state index contributed by atoms with van der Waals surface area (Å²) in [6, 6.07) is 5.58. The standard InChI is InChI=1S/C11H12Br2N2O2/c12-7-1-2-10(9(13)3-7)14-11(17)6-15-4-8(16)5-15/h1-3,8,16H,4-6H2,(H,14,17). The number of benzene rings is 1. The zero-order chi connectivity index (χ0) is 12.4. The molecule has 1 saturated heterocycles. The SMILES string of the molecule is O=C(CN1CC(O)C1)Nc1ccc(Br)cc1Br. The second-order valence-corrected chi connectivity index (χ2v) is 5.79. The van der Waals surface area contributed by atoms with Crippen LogP contribution in [0.25, 0.3) is 0 Å². The highest BCUT2D eigenvalue weighted by Gasteiger charge is 2.25. The summed E-state index contributed by atoms with van der Waals surface area (Å²) in [5.41, 5.74) is 0.749. The van der Waals surface area contributed by atoms with Gasteiger partial charge in [-0.05, 0) is 34.1 Å². The zero-order valence-corrected chi connectivity index (χ0v) is 12.2. The number of hydrogen-bond donors (Lipinski definition) is 2. The number of halogens is 2. The van der Waals surface area contributed by atoms with E-state index in [-0.39, 0.29) is 12.0 Å². The van der Waals surface area contributed by atoms with Crippen molar-refractivity contribution in [3.63, 3.8) is 0 Å². The van der Waals surface area contributed by atoms with Crippen LogP contribution in [-0.4, -0.2) is 41.7 Å². The van der Waals surface area contributed by atoms with E-state index in [2.05, 4.69) is 37.2 Å². The number of carbonyl (C=O) groups excluding carboxylic acids is 1. The Kier molecular flexibility index (Phi) is 4.19. The quantitative estimate of drug-likeness (QED) is 0.861. The average Bonchev–Trinajstić information content (AvgIpc) is 2.20. The lowest BCUT2D eigenvalue weighted by Crippen LogP contribution is -2.53. The number of nitrogens with one attached hydrogen (secondary N) is 1. The Hall–Kier alpha value is -0.430. The molecule has 1 aliphatic rings. The highest BCUT2D eigenvalue weighted by Crippen LogP contribution is 2.26. The van der Waals surface area contributed by atoms with Gasteiger partial charge in [-0.15, -0.1) is 0 Å². The monoisotopic (exact) mass is 362 g/mol. The summed E-state index contributed by atoms with van der Waals surface area (Å²) >= 11 is 6.74. The number of β-amino-alcohol motifs (C(OH)–C–C–N with tert-alkyl or cyclic N) is 1. The molecule has 0 saturated carbocycles. The van der Waals surface area contributed by atoms with Crippen LogP contribution < -0.4 is 5.32 Å². The van der Waals surface area contributed by atoms with Crippen LogP contribution in [0, 0.1) is 0 Å². The molecule has 0 spiro atoms. The molecule has 4 nitrogen and oxygen atoms in total. The normalized spacial score (nSPS) is 16.6. The van der Waals surface area contributed by atoms with Gasteiger partial charge < -0.3 is 10.4 Å². The van der Waals surface area contributed by atoms with Crippen LogP contribution in [-0.2, 0) is 4.79 Å². The first-order valence-corrected chi connectivity index (χ1v) is 6.78. The van der Waals surface area contributed by atoms with E-state index in [1.165, 1.54) is 0 Å². The fourth-order valence-corrected chi connectivity index (χ4v) is 2.80. The molecule has 1 fully saturated rings. The van der Waals surface area contributed by atoms with Gasteiger partial charge in [-0.2, -0.15) is 0 Å². The molecule has 17 heavy (non-hydrogen) atoms. The van der Waals surface area contributed by atoms with Crippen molar-refractivity contribution in [1.29, 1.82) is 0 Å². The number of rotatable bonds is 3. The number of amides is 1. The average molecular weight is 364 g/mol. The summed E-state index contributed by atoms with van der Waals surface area (Å²) in [5.74, 6) is -0.0695. The summed E-state index contributed by atoms with van der Waals surface area (Å²) in [6.45, 7) is 1.48. The minimum atomic E-state index is -0.276. The third kappa shape index (κ3) is 3.51. The lowest BCUT2D eigenvalue weighted by Gasteiger charge is -2.35. The first-order valence-electron chi connectivity index (χ1n) is 5.20. The van der Waals surface area contributed by atoms with E-state index < -0.39 is 0 Å². The Morgan fingerprint density at radius 2 is 2.18 bits per heavy atom. The van der Waals surface area contributed by atoms with Crippen molar-refractivity contribution in [2.75, 3.05) is 25.0 Å². The molecule has 1 aromatic carbocycles. The number of anilines is 1. The largest absolute Gasteiger partial charge is 0.390 e. The van der Waals surface area contributed by atoms with Crippen LogP contribution in [0.1, 0.15) is 0 Å². The van der Waals surface area contributed by atoms with E-state index in [4.69, 9.17) is 5.11 Å². The van der Waals surface area contributed by atoms with Crippen LogP contribution in [0.2, 0.25) is 0 Å². The van der Waals surface area contributed by atoms with Gasteiger partial charge in [0.25, 0.3) is 0 Å². The summed E-state index contributed by atoms with van der Waals surface area (Å²) in [4.78, 5) is 13.6. The topological polar surface area (TPSA) is 52.6 Å². The van der Waals surface area contributed by atoms with Crippen LogP contribution in [0.15, 0.2) is 27.1 Å². The Morgan fingerprint density at radius 3 is 2.76 bits per heavy atom. The van der Waals surface area contributed by atoms with Gasteiger partial charge in [0.15, 0.2) is 0 Å². The summed E-state index contributed by atoms with van der Waals surface area (Å²) in [7, 11) is 0. The van der Waals surface area contributed by atoms with Crippen molar-refractivity contribution in [3.05, 3.63) is 27.1 Å². The molecule has 2 rings (SSSR count).